The summed E-state index contributed by atoms with van der Waals surface area (Å²) >= 11 is 1.66. The summed E-state index contributed by atoms with van der Waals surface area (Å²) < 4.78 is 18.2. The molecule has 0 saturated carbocycles. The van der Waals surface area contributed by atoms with Gasteiger partial charge in [0.2, 0.25) is 5.91 Å². The molecular formula is C11H13FN2O2S. The normalized spacial score (nSPS) is 19.1. The molecule has 2 rings (SSSR count). The van der Waals surface area contributed by atoms with Crippen LogP contribution in [0.2, 0.25) is 0 Å². The maximum atomic E-state index is 13.4. The van der Waals surface area contributed by atoms with E-state index in [9.17, 15) is 9.18 Å². The van der Waals surface area contributed by atoms with Gasteiger partial charge >= 0.3 is 0 Å². The number of ether oxygens (including phenoxy) is 1. The molecule has 1 fully saturated rings. The van der Waals surface area contributed by atoms with Crippen LogP contribution >= 0.6 is 11.8 Å². The molecule has 92 valence electrons. The fourth-order valence-corrected chi connectivity index (χ4v) is 2.48. The van der Waals surface area contributed by atoms with Crippen molar-refractivity contribution in [2.75, 3.05) is 24.1 Å². The van der Waals surface area contributed by atoms with Gasteiger partial charge in [0.15, 0.2) is 11.6 Å². The summed E-state index contributed by atoms with van der Waals surface area (Å²) in [6.07, 6.45) is 0. The van der Waals surface area contributed by atoms with Crippen LogP contribution in [0.1, 0.15) is 0 Å². The Labute approximate surface area is 103 Å². The van der Waals surface area contributed by atoms with Gasteiger partial charge in [-0.1, -0.05) is 0 Å². The lowest BCUT2D eigenvalue weighted by molar-refractivity contribution is -0.117. The fraction of sp³-hybridized carbons (Fsp3) is 0.364. The maximum Gasteiger partial charge on any atom is 0.242 e. The standard InChI is InChI=1S/C11H13FN2O2S/c1-16-10-3-2-7(4-8(10)12)14-11(15)9-5-17-6-13-9/h2-4,9,13H,5-6H2,1H3,(H,14,15). The van der Waals surface area contributed by atoms with Gasteiger partial charge < -0.3 is 10.1 Å². The van der Waals surface area contributed by atoms with Gasteiger partial charge in [0.1, 0.15) is 0 Å². The number of benzene rings is 1. The molecule has 1 heterocycles. The number of thioether (sulfide) groups is 1. The zero-order valence-electron chi connectivity index (χ0n) is 9.33. The highest BCUT2D eigenvalue weighted by Gasteiger charge is 2.22. The molecule has 1 unspecified atom stereocenters. The van der Waals surface area contributed by atoms with Crippen LogP contribution < -0.4 is 15.4 Å². The smallest absolute Gasteiger partial charge is 0.242 e. The highest BCUT2D eigenvalue weighted by molar-refractivity contribution is 7.99. The van der Waals surface area contributed by atoms with E-state index in [1.807, 2.05) is 0 Å². The molecule has 0 bridgehead atoms. The van der Waals surface area contributed by atoms with Gasteiger partial charge in [0.05, 0.1) is 13.2 Å². The minimum absolute atomic E-state index is 0.139. The van der Waals surface area contributed by atoms with Gasteiger partial charge in [0, 0.05) is 23.4 Å². The number of methoxy groups -OCH3 is 1. The average Bonchev–Trinajstić information content (AvgIpc) is 2.82. The Morgan fingerprint density at radius 3 is 3.06 bits per heavy atom. The SMILES string of the molecule is COc1ccc(NC(=O)C2CSCN2)cc1F. The van der Waals surface area contributed by atoms with Crippen molar-refractivity contribution in [1.29, 1.82) is 0 Å². The van der Waals surface area contributed by atoms with E-state index in [-0.39, 0.29) is 17.7 Å². The number of hydrogen-bond acceptors (Lipinski definition) is 4. The van der Waals surface area contributed by atoms with Gasteiger partial charge in [-0.05, 0) is 12.1 Å². The molecule has 1 aromatic rings. The zero-order valence-corrected chi connectivity index (χ0v) is 10.1. The van der Waals surface area contributed by atoms with Crippen molar-refractivity contribution < 1.29 is 13.9 Å². The van der Waals surface area contributed by atoms with Crippen LogP contribution in [0.4, 0.5) is 10.1 Å². The van der Waals surface area contributed by atoms with Crippen LogP contribution in [0.5, 0.6) is 5.75 Å². The van der Waals surface area contributed by atoms with E-state index in [1.54, 1.807) is 17.8 Å². The first-order valence-electron chi connectivity index (χ1n) is 5.16. The summed E-state index contributed by atoms with van der Waals surface area (Å²) in [7, 11) is 1.40. The first kappa shape index (κ1) is 12.2. The van der Waals surface area contributed by atoms with Crippen LogP contribution in [-0.2, 0) is 4.79 Å². The van der Waals surface area contributed by atoms with E-state index >= 15 is 0 Å². The van der Waals surface area contributed by atoms with Gasteiger partial charge in [0.25, 0.3) is 0 Å². The van der Waals surface area contributed by atoms with Crippen LogP contribution in [0.3, 0.4) is 0 Å². The fourth-order valence-electron chi connectivity index (χ4n) is 1.54. The molecule has 0 spiro atoms. The summed E-state index contributed by atoms with van der Waals surface area (Å²) in [5.74, 6) is 1.05. The molecule has 17 heavy (non-hydrogen) atoms. The predicted molar refractivity (Wildman–Crippen MR) is 65.8 cm³/mol. The van der Waals surface area contributed by atoms with Crippen LogP contribution in [-0.4, -0.2) is 30.7 Å². The lowest BCUT2D eigenvalue weighted by Crippen LogP contribution is -2.37. The van der Waals surface area contributed by atoms with Crippen LogP contribution in [0.15, 0.2) is 18.2 Å². The van der Waals surface area contributed by atoms with Crippen molar-refractivity contribution in [3.8, 4) is 5.75 Å². The number of hydrogen-bond donors (Lipinski definition) is 2. The monoisotopic (exact) mass is 256 g/mol. The van der Waals surface area contributed by atoms with E-state index in [0.29, 0.717) is 5.69 Å². The number of amides is 1. The zero-order chi connectivity index (χ0) is 12.3. The molecule has 4 nitrogen and oxygen atoms in total. The number of carbonyl (C=O) groups is 1. The molecular weight excluding hydrogens is 243 g/mol. The highest BCUT2D eigenvalue weighted by atomic mass is 32.2. The summed E-state index contributed by atoms with van der Waals surface area (Å²) in [6.45, 7) is 0. The minimum Gasteiger partial charge on any atom is -0.494 e. The number of rotatable bonds is 3. The summed E-state index contributed by atoms with van der Waals surface area (Å²) in [4.78, 5) is 11.7. The summed E-state index contributed by atoms with van der Waals surface area (Å²) in [5, 5.41) is 5.71. The molecule has 0 aliphatic carbocycles. The highest BCUT2D eigenvalue weighted by Crippen LogP contribution is 2.21. The van der Waals surface area contributed by atoms with Crippen molar-refractivity contribution in [2.24, 2.45) is 0 Å². The third-order valence-corrected chi connectivity index (χ3v) is 3.39. The molecule has 1 aliphatic heterocycles. The average molecular weight is 256 g/mol. The summed E-state index contributed by atoms with van der Waals surface area (Å²) in [5.41, 5.74) is 0.437. The molecule has 0 radical (unpaired) electrons. The molecule has 1 aromatic carbocycles. The molecule has 1 saturated heterocycles. The first-order valence-corrected chi connectivity index (χ1v) is 6.31. The third kappa shape index (κ3) is 2.89. The predicted octanol–water partition coefficient (Wildman–Crippen LogP) is 1.44. The third-order valence-electron chi connectivity index (χ3n) is 2.45. The van der Waals surface area contributed by atoms with Crippen molar-refractivity contribution in [2.45, 2.75) is 6.04 Å². The number of anilines is 1. The molecule has 1 aliphatic rings. The van der Waals surface area contributed by atoms with Crippen molar-refractivity contribution in [3.05, 3.63) is 24.0 Å². The Kier molecular flexibility index (Phi) is 3.86. The number of halogens is 1. The largest absolute Gasteiger partial charge is 0.494 e. The Morgan fingerprint density at radius 1 is 1.65 bits per heavy atom. The quantitative estimate of drug-likeness (QED) is 0.859. The molecule has 0 aromatic heterocycles. The van der Waals surface area contributed by atoms with Crippen molar-refractivity contribution in [3.63, 3.8) is 0 Å². The second-order valence-corrected chi connectivity index (χ2v) is 4.64. The topological polar surface area (TPSA) is 50.4 Å². The Balaban J connectivity index is 2.03. The van der Waals surface area contributed by atoms with Crippen LogP contribution in [0, 0.1) is 5.82 Å². The van der Waals surface area contributed by atoms with Crippen molar-refractivity contribution >= 4 is 23.4 Å². The maximum absolute atomic E-state index is 13.4. The number of nitrogens with one attached hydrogen (secondary N) is 2. The van der Waals surface area contributed by atoms with Crippen molar-refractivity contribution in [1.82, 2.24) is 5.32 Å². The van der Waals surface area contributed by atoms with Crippen LogP contribution in [0.25, 0.3) is 0 Å². The Bertz CT molecular complexity index is 422. The van der Waals surface area contributed by atoms with E-state index in [1.165, 1.54) is 19.2 Å². The lowest BCUT2D eigenvalue weighted by Gasteiger charge is -2.11. The number of carbonyl (C=O) groups excluding carboxylic acids is 1. The second-order valence-electron chi connectivity index (χ2n) is 3.61. The van der Waals surface area contributed by atoms with Gasteiger partial charge in [-0.25, -0.2) is 4.39 Å². The Morgan fingerprint density at radius 2 is 2.47 bits per heavy atom. The molecule has 1 amide bonds. The van der Waals surface area contributed by atoms with E-state index < -0.39 is 5.82 Å². The summed E-state index contributed by atoms with van der Waals surface area (Å²) in [6, 6.07) is 4.15. The minimum atomic E-state index is -0.487. The second kappa shape index (κ2) is 5.37. The van der Waals surface area contributed by atoms with Gasteiger partial charge in [-0.15, -0.1) is 11.8 Å². The van der Waals surface area contributed by atoms with Gasteiger partial charge in [-0.2, -0.15) is 0 Å². The van der Waals surface area contributed by atoms with Gasteiger partial charge in [-0.3, -0.25) is 10.1 Å². The van der Waals surface area contributed by atoms with E-state index in [4.69, 9.17) is 4.74 Å². The molecule has 6 heteroatoms. The molecule has 2 N–H and O–H groups in total. The van der Waals surface area contributed by atoms with E-state index in [2.05, 4.69) is 10.6 Å². The molecule has 1 atom stereocenters. The first-order chi connectivity index (χ1) is 8.20. The van der Waals surface area contributed by atoms with E-state index in [0.717, 1.165) is 11.6 Å². The lowest BCUT2D eigenvalue weighted by atomic mass is 10.2. The Hall–Kier alpha value is -1.27.